The third-order valence-corrected chi connectivity index (χ3v) is 5.86. The number of methoxy groups -OCH3 is 1. The van der Waals surface area contributed by atoms with Crippen molar-refractivity contribution in [2.45, 2.75) is 31.0 Å². The standard InChI is InChI=1S/C24H27ClF4N2O4/c1-33-11-12-34-21-13-16(4-9-20(21)26)17-3-2-10-31(14-17)15-22(24(27,28)29)35-23(32)30-19-7-5-18(25)6-8-19/h4-9,13,17,22H,2-3,10-12,14-15H2,1H3,(H,30,32)/t17-,22-/m0/s1. The molecule has 1 fully saturated rings. The van der Waals surface area contributed by atoms with Gasteiger partial charge in [0.2, 0.25) is 6.10 Å². The van der Waals surface area contributed by atoms with E-state index in [1.807, 2.05) is 0 Å². The lowest BCUT2D eigenvalue weighted by Gasteiger charge is -2.35. The summed E-state index contributed by atoms with van der Waals surface area (Å²) in [7, 11) is 1.51. The van der Waals surface area contributed by atoms with Crippen molar-refractivity contribution in [3.63, 3.8) is 0 Å². The molecule has 1 N–H and O–H groups in total. The Labute approximate surface area is 206 Å². The van der Waals surface area contributed by atoms with E-state index in [9.17, 15) is 22.4 Å². The second kappa shape index (κ2) is 12.4. The average Bonchev–Trinajstić information content (AvgIpc) is 2.81. The first-order chi connectivity index (χ1) is 16.7. The molecule has 2 atom stereocenters. The molecule has 0 unspecified atom stereocenters. The minimum Gasteiger partial charge on any atom is -0.488 e. The van der Waals surface area contributed by atoms with E-state index >= 15 is 0 Å². The van der Waals surface area contributed by atoms with E-state index < -0.39 is 30.7 Å². The zero-order chi connectivity index (χ0) is 25.4. The lowest BCUT2D eigenvalue weighted by atomic mass is 9.90. The van der Waals surface area contributed by atoms with E-state index in [0.29, 0.717) is 31.1 Å². The summed E-state index contributed by atoms with van der Waals surface area (Å²) in [4.78, 5) is 13.7. The predicted octanol–water partition coefficient (Wildman–Crippen LogP) is 5.86. The maximum Gasteiger partial charge on any atom is 0.426 e. The van der Waals surface area contributed by atoms with Crippen molar-refractivity contribution in [3.8, 4) is 5.75 Å². The maximum atomic E-state index is 14.1. The molecule has 0 aromatic heterocycles. The fourth-order valence-corrected chi connectivity index (χ4v) is 3.99. The van der Waals surface area contributed by atoms with Gasteiger partial charge in [0, 0.05) is 30.9 Å². The Morgan fingerprint density at radius 1 is 1.20 bits per heavy atom. The van der Waals surface area contributed by atoms with Crippen molar-refractivity contribution in [1.29, 1.82) is 0 Å². The number of likely N-dealkylation sites (tertiary alicyclic amines) is 1. The molecule has 0 saturated carbocycles. The molecule has 2 aromatic rings. The average molecular weight is 519 g/mol. The number of rotatable bonds is 9. The van der Waals surface area contributed by atoms with Gasteiger partial charge in [-0.2, -0.15) is 13.2 Å². The summed E-state index contributed by atoms with van der Waals surface area (Å²) in [5, 5.41) is 2.70. The van der Waals surface area contributed by atoms with E-state index in [0.717, 1.165) is 12.0 Å². The molecule has 1 saturated heterocycles. The van der Waals surface area contributed by atoms with Crippen molar-refractivity contribution in [2.75, 3.05) is 45.3 Å². The van der Waals surface area contributed by atoms with Crippen LogP contribution in [0.3, 0.4) is 0 Å². The largest absolute Gasteiger partial charge is 0.488 e. The fraction of sp³-hybridized carbons (Fsp3) is 0.458. The summed E-state index contributed by atoms with van der Waals surface area (Å²) in [6, 6.07) is 10.4. The van der Waals surface area contributed by atoms with Crippen LogP contribution in [0.2, 0.25) is 5.02 Å². The van der Waals surface area contributed by atoms with Gasteiger partial charge in [-0.25, -0.2) is 9.18 Å². The van der Waals surface area contributed by atoms with Crippen LogP contribution in [0.25, 0.3) is 0 Å². The molecule has 0 radical (unpaired) electrons. The van der Waals surface area contributed by atoms with E-state index in [1.54, 1.807) is 17.0 Å². The van der Waals surface area contributed by atoms with Crippen LogP contribution in [0.4, 0.5) is 28.0 Å². The van der Waals surface area contributed by atoms with Crippen molar-refractivity contribution in [2.24, 2.45) is 0 Å². The monoisotopic (exact) mass is 518 g/mol. The van der Waals surface area contributed by atoms with E-state index in [1.165, 1.54) is 37.4 Å². The molecule has 0 aliphatic carbocycles. The number of nitrogens with one attached hydrogen (secondary N) is 1. The summed E-state index contributed by atoms with van der Waals surface area (Å²) in [6.07, 6.45) is -6.89. The molecular formula is C24H27ClF4N2O4. The molecule has 192 valence electrons. The number of nitrogens with zero attached hydrogens (tertiary/aromatic N) is 1. The van der Waals surface area contributed by atoms with Gasteiger partial charge in [0.15, 0.2) is 11.6 Å². The Hall–Kier alpha value is -2.56. The smallest absolute Gasteiger partial charge is 0.426 e. The summed E-state index contributed by atoms with van der Waals surface area (Å²) < 4.78 is 70.2. The Morgan fingerprint density at radius 3 is 2.63 bits per heavy atom. The minimum absolute atomic E-state index is 0.0760. The quantitative estimate of drug-likeness (QED) is 0.333. The van der Waals surface area contributed by atoms with Crippen molar-refractivity contribution >= 4 is 23.4 Å². The summed E-state index contributed by atoms with van der Waals surface area (Å²) in [5.74, 6) is -0.562. The Kier molecular flexibility index (Phi) is 9.59. The van der Waals surface area contributed by atoms with Gasteiger partial charge in [0.1, 0.15) is 6.61 Å². The Balaban J connectivity index is 1.63. The maximum absolute atomic E-state index is 14.1. The van der Waals surface area contributed by atoms with Gasteiger partial charge in [-0.05, 0) is 67.3 Å². The molecule has 35 heavy (non-hydrogen) atoms. The van der Waals surface area contributed by atoms with Gasteiger partial charge in [-0.3, -0.25) is 10.2 Å². The summed E-state index contributed by atoms with van der Waals surface area (Å²) in [5.41, 5.74) is 1.03. The predicted molar refractivity (Wildman–Crippen MR) is 124 cm³/mol. The number of benzene rings is 2. The topological polar surface area (TPSA) is 60.0 Å². The molecule has 6 nitrogen and oxygen atoms in total. The molecule has 1 amide bonds. The van der Waals surface area contributed by atoms with Gasteiger partial charge in [-0.15, -0.1) is 0 Å². The third-order valence-electron chi connectivity index (χ3n) is 5.61. The summed E-state index contributed by atoms with van der Waals surface area (Å²) in [6.45, 7) is 0.690. The molecule has 3 rings (SSSR count). The molecule has 0 bridgehead atoms. The Morgan fingerprint density at radius 2 is 1.94 bits per heavy atom. The van der Waals surface area contributed by atoms with Gasteiger partial charge in [-0.1, -0.05) is 17.7 Å². The molecule has 0 spiro atoms. The number of alkyl halides is 3. The molecule has 11 heteroatoms. The normalized spacial score (nSPS) is 17.6. The highest BCUT2D eigenvalue weighted by atomic mass is 35.5. The van der Waals surface area contributed by atoms with Crippen molar-refractivity contribution in [1.82, 2.24) is 4.90 Å². The lowest BCUT2D eigenvalue weighted by Crippen LogP contribution is -2.47. The number of ether oxygens (including phenoxy) is 3. The summed E-state index contributed by atoms with van der Waals surface area (Å²) >= 11 is 5.77. The van der Waals surface area contributed by atoms with E-state index in [-0.39, 0.29) is 24.0 Å². The second-order valence-corrected chi connectivity index (χ2v) is 8.63. The SMILES string of the molecule is COCCOc1cc([C@H]2CCCN(C[C@H](OC(=O)Nc3ccc(Cl)cc3)C(F)(F)F)C2)ccc1F. The number of piperidine rings is 1. The second-order valence-electron chi connectivity index (χ2n) is 8.20. The van der Waals surface area contributed by atoms with Crippen LogP contribution in [-0.2, 0) is 9.47 Å². The Bertz CT molecular complexity index is 975. The van der Waals surface area contributed by atoms with Crippen LogP contribution in [-0.4, -0.2) is 63.2 Å². The van der Waals surface area contributed by atoms with Crippen molar-refractivity contribution in [3.05, 3.63) is 58.9 Å². The highest BCUT2D eigenvalue weighted by Gasteiger charge is 2.44. The lowest BCUT2D eigenvalue weighted by molar-refractivity contribution is -0.207. The van der Waals surface area contributed by atoms with Crippen LogP contribution < -0.4 is 10.1 Å². The van der Waals surface area contributed by atoms with Gasteiger partial charge >= 0.3 is 12.3 Å². The first-order valence-corrected chi connectivity index (χ1v) is 11.5. The van der Waals surface area contributed by atoms with Crippen LogP contribution in [0.5, 0.6) is 5.75 Å². The zero-order valence-electron chi connectivity index (χ0n) is 19.1. The minimum atomic E-state index is -4.75. The van der Waals surface area contributed by atoms with Crippen LogP contribution >= 0.6 is 11.6 Å². The van der Waals surface area contributed by atoms with Gasteiger partial charge in [0.25, 0.3) is 0 Å². The first-order valence-electron chi connectivity index (χ1n) is 11.1. The van der Waals surface area contributed by atoms with Gasteiger partial charge in [0.05, 0.1) is 6.61 Å². The number of halogens is 5. The number of carbonyl (C=O) groups is 1. The third kappa shape index (κ3) is 8.26. The fourth-order valence-electron chi connectivity index (χ4n) is 3.86. The molecular weight excluding hydrogens is 492 g/mol. The van der Waals surface area contributed by atoms with E-state index in [2.05, 4.69) is 5.32 Å². The number of hydrogen-bond acceptors (Lipinski definition) is 5. The van der Waals surface area contributed by atoms with Crippen molar-refractivity contribution < 1.29 is 36.6 Å². The first kappa shape index (κ1) is 27.0. The highest BCUT2D eigenvalue weighted by Crippen LogP contribution is 2.32. The molecule has 2 aromatic carbocycles. The number of anilines is 1. The van der Waals surface area contributed by atoms with Crippen LogP contribution in [0.1, 0.15) is 24.3 Å². The van der Waals surface area contributed by atoms with Crippen LogP contribution in [0.15, 0.2) is 42.5 Å². The molecule has 1 heterocycles. The highest BCUT2D eigenvalue weighted by molar-refractivity contribution is 6.30. The number of amides is 1. The van der Waals surface area contributed by atoms with E-state index in [4.69, 9.17) is 25.8 Å². The van der Waals surface area contributed by atoms with Crippen LogP contribution in [0, 0.1) is 5.82 Å². The number of carbonyl (C=O) groups excluding carboxylic acids is 1. The number of hydrogen-bond donors (Lipinski definition) is 1. The molecule has 1 aliphatic heterocycles. The molecule has 1 aliphatic rings. The zero-order valence-corrected chi connectivity index (χ0v) is 19.9. The van der Waals surface area contributed by atoms with Gasteiger partial charge < -0.3 is 14.2 Å².